The van der Waals surface area contributed by atoms with Crippen LogP contribution in [0, 0.1) is 0 Å². The molecule has 6 nitrogen and oxygen atoms in total. The summed E-state index contributed by atoms with van der Waals surface area (Å²) in [6.45, 7) is 0. The van der Waals surface area contributed by atoms with E-state index < -0.39 is 5.97 Å². The molecule has 0 amide bonds. The Morgan fingerprint density at radius 2 is 2.05 bits per heavy atom. The summed E-state index contributed by atoms with van der Waals surface area (Å²) < 4.78 is 1.44. The van der Waals surface area contributed by atoms with Crippen molar-refractivity contribution < 1.29 is 9.90 Å². The first-order valence-electron chi connectivity index (χ1n) is 6.16. The summed E-state index contributed by atoms with van der Waals surface area (Å²) in [5.41, 5.74) is 1.28. The van der Waals surface area contributed by atoms with Gasteiger partial charge in [0.2, 0.25) is 0 Å². The number of anilines is 2. The first-order valence-corrected chi connectivity index (χ1v) is 7.38. The molecular weight excluding hydrogens is 288 g/mol. The number of thioether (sulfide) groups is 1. The van der Waals surface area contributed by atoms with E-state index in [2.05, 4.69) is 15.4 Å². The second kappa shape index (κ2) is 5.45. The minimum absolute atomic E-state index is 0.0800. The van der Waals surface area contributed by atoms with Gasteiger partial charge in [0.15, 0.2) is 5.65 Å². The van der Waals surface area contributed by atoms with E-state index >= 15 is 0 Å². The highest BCUT2D eigenvalue weighted by Gasteiger charge is 2.12. The summed E-state index contributed by atoms with van der Waals surface area (Å²) in [5, 5.41) is 16.2. The van der Waals surface area contributed by atoms with Crippen LogP contribution in [0.5, 0.6) is 0 Å². The van der Waals surface area contributed by atoms with E-state index in [-0.39, 0.29) is 5.56 Å². The third-order valence-corrected chi connectivity index (χ3v) is 3.71. The van der Waals surface area contributed by atoms with Gasteiger partial charge < -0.3 is 10.4 Å². The summed E-state index contributed by atoms with van der Waals surface area (Å²) in [6, 6.07) is 9.66. The number of hydrogen-bond acceptors (Lipinski definition) is 5. The highest BCUT2D eigenvalue weighted by Crippen LogP contribution is 2.20. The number of carboxylic acids is 1. The van der Waals surface area contributed by atoms with Crippen LogP contribution >= 0.6 is 11.8 Å². The van der Waals surface area contributed by atoms with Crippen molar-refractivity contribution in [1.29, 1.82) is 0 Å². The zero-order chi connectivity index (χ0) is 14.8. The molecule has 0 unspecified atom stereocenters. The second-order valence-electron chi connectivity index (χ2n) is 4.30. The van der Waals surface area contributed by atoms with Gasteiger partial charge in [-0.25, -0.2) is 14.3 Å². The number of nitrogens with one attached hydrogen (secondary N) is 1. The number of benzene rings is 1. The predicted octanol–water partition coefficient (Wildman–Crippen LogP) is 2.89. The molecule has 2 aromatic heterocycles. The fraction of sp³-hybridized carbons (Fsp3) is 0.0714. The molecule has 0 aliphatic carbocycles. The Morgan fingerprint density at radius 1 is 1.29 bits per heavy atom. The van der Waals surface area contributed by atoms with Crippen LogP contribution in [0.4, 0.5) is 11.5 Å². The average Bonchev–Trinajstić information content (AvgIpc) is 2.91. The van der Waals surface area contributed by atoms with Gasteiger partial charge in [-0.2, -0.15) is 5.10 Å². The van der Waals surface area contributed by atoms with Crippen molar-refractivity contribution in [3.05, 3.63) is 48.3 Å². The van der Waals surface area contributed by atoms with Gasteiger partial charge in [-0.05, 0) is 36.6 Å². The average molecular weight is 300 g/mol. The molecule has 0 radical (unpaired) electrons. The van der Waals surface area contributed by atoms with Crippen LogP contribution in [-0.2, 0) is 0 Å². The number of carbonyl (C=O) groups is 1. The SMILES string of the molecule is CSc1ccc(Nc2ccn3ncc(C(=O)O)c3n2)cc1. The van der Waals surface area contributed by atoms with Crippen LogP contribution in [-0.4, -0.2) is 31.9 Å². The molecule has 7 heteroatoms. The number of hydrogen-bond donors (Lipinski definition) is 2. The summed E-state index contributed by atoms with van der Waals surface area (Å²) in [6.07, 6.45) is 4.99. The van der Waals surface area contributed by atoms with Crippen molar-refractivity contribution in [1.82, 2.24) is 14.6 Å². The molecule has 1 aromatic carbocycles. The van der Waals surface area contributed by atoms with Gasteiger partial charge in [0.1, 0.15) is 11.4 Å². The molecule has 0 fully saturated rings. The summed E-state index contributed by atoms with van der Waals surface area (Å²) in [4.78, 5) is 16.6. The molecule has 3 aromatic rings. The molecule has 0 atom stereocenters. The zero-order valence-corrected chi connectivity index (χ0v) is 12.0. The Morgan fingerprint density at radius 3 is 2.71 bits per heavy atom. The molecule has 0 aliphatic heterocycles. The smallest absolute Gasteiger partial charge is 0.341 e. The lowest BCUT2D eigenvalue weighted by molar-refractivity contribution is 0.0699. The number of carboxylic acid groups (broad SMARTS) is 1. The van der Waals surface area contributed by atoms with E-state index in [9.17, 15) is 4.79 Å². The lowest BCUT2D eigenvalue weighted by Gasteiger charge is -2.06. The normalized spacial score (nSPS) is 10.7. The predicted molar refractivity (Wildman–Crippen MR) is 81.5 cm³/mol. The number of aromatic nitrogens is 3. The minimum atomic E-state index is -1.04. The zero-order valence-electron chi connectivity index (χ0n) is 11.1. The molecule has 0 saturated heterocycles. The number of fused-ring (bicyclic) bond motifs is 1. The van der Waals surface area contributed by atoms with Gasteiger partial charge in [0.25, 0.3) is 0 Å². The van der Waals surface area contributed by atoms with Crippen LogP contribution in [0.25, 0.3) is 5.65 Å². The largest absolute Gasteiger partial charge is 0.477 e. The molecule has 0 spiro atoms. The van der Waals surface area contributed by atoms with Gasteiger partial charge in [-0.15, -0.1) is 11.8 Å². The number of rotatable bonds is 4. The van der Waals surface area contributed by atoms with Gasteiger partial charge >= 0.3 is 5.97 Å². The second-order valence-corrected chi connectivity index (χ2v) is 5.18. The summed E-state index contributed by atoms with van der Waals surface area (Å²) in [5.74, 6) is -0.471. The first-order chi connectivity index (χ1) is 10.2. The van der Waals surface area contributed by atoms with Crippen LogP contribution in [0.1, 0.15) is 10.4 Å². The topological polar surface area (TPSA) is 79.5 Å². The molecule has 0 saturated carbocycles. The number of aromatic carboxylic acids is 1. The maximum atomic E-state index is 11.1. The van der Waals surface area contributed by atoms with Crippen LogP contribution in [0.3, 0.4) is 0 Å². The van der Waals surface area contributed by atoms with E-state index in [1.807, 2.05) is 30.5 Å². The Kier molecular flexibility index (Phi) is 3.49. The molecule has 3 rings (SSSR count). The lowest BCUT2D eigenvalue weighted by atomic mass is 10.3. The van der Waals surface area contributed by atoms with Gasteiger partial charge in [0.05, 0.1) is 6.20 Å². The lowest BCUT2D eigenvalue weighted by Crippen LogP contribution is -2.00. The Bertz CT molecular complexity index is 798. The van der Waals surface area contributed by atoms with Crippen molar-refractivity contribution in [3.8, 4) is 0 Å². The van der Waals surface area contributed by atoms with Crippen LogP contribution < -0.4 is 5.32 Å². The van der Waals surface area contributed by atoms with Crippen molar-refractivity contribution in [2.45, 2.75) is 4.90 Å². The molecule has 2 heterocycles. The standard InChI is InChI=1S/C14H12N4O2S/c1-21-10-4-2-9(3-5-10)16-12-6-7-18-13(17-12)11(8-15-18)14(19)20/h2-8H,1H3,(H,16,17)(H,19,20). The Hall–Kier alpha value is -2.54. The third kappa shape index (κ3) is 2.68. The molecule has 2 N–H and O–H groups in total. The maximum Gasteiger partial charge on any atom is 0.341 e. The van der Waals surface area contributed by atoms with E-state index in [1.165, 1.54) is 15.6 Å². The minimum Gasteiger partial charge on any atom is -0.477 e. The van der Waals surface area contributed by atoms with Crippen LogP contribution in [0.2, 0.25) is 0 Å². The molecule has 21 heavy (non-hydrogen) atoms. The first kappa shape index (κ1) is 13.4. The summed E-state index contributed by atoms with van der Waals surface area (Å²) >= 11 is 1.67. The van der Waals surface area contributed by atoms with Crippen LogP contribution in [0.15, 0.2) is 47.6 Å². The van der Waals surface area contributed by atoms with Gasteiger partial charge in [-0.1, -0.05) is 0 Å². The Balaban J connectivity index is 1.92. The molecule has 0 bridgehead atoms. The molecule has 106 valence electrons. The van der Waals surface area contributed by atoms with Crippen molar-refractivity contribution in [3.63, 3.8) is 0 Å². The monoisotopic (exact) mass is 300 g/mol. The number of nitrogens with zero attached hydrogens (tertiary/aromatic N) is 3. The summed E-state index contributed by atoms with van der Waals surface area (Å²) in [7, 11) is 0. The maximum absolute atomic E-state index is 11.1. The van der Waals surface area contributed by atoms with E-state index in [0.717, 1.165) is 5.69 Å². The van der Waals surface area contributed by atoms with E-state index in [1.54, 1.807) is 24.0 Å². The quantitative estimate of drug-likeness (QED) is 0.721. The fourth-order valence-corrected chi connectivity index (χ4v) is 2.32. The van der Waals surface area contributed by atoms with E-state index in [4.69, 9.17) is 5.11 Å². The van der Waals surface area contributed by atoms with Crippen molar-refractivity contribution in [2.24, 2.45) is 0 Å². The molecular formula is C14H12N4O2S. The van der Waals surface area contributed by atoms with E-state index in [0.29, 0.717) is 11.5 Å². The fourth-order valence-electron chi connectivity index (χ4n) is 1.91. The molecule has 0 aliphatic rings. The highest BCUT2D eigenvalue weighted by molar-refractivity contribution is 7.98. The van der Waals surface area contributed by atoms with Crippen molar-refractivity contribution >= 4 is 34.9 Å². The third-order valence-electron chi connectivity index (χ3n) is 2.96. The van der Waals surface area contributed by atoms with Gasteiger partial charge in [-0.3, -0.25) is 0 Å². The van der Waals surface area contributed by atoms with Crippen molar-refractivity contribution in [2.75, 3.05) is 11.6 Å². The highest BCUT2D eigenvalue weighted by atomic mass is 32.2. The van der Waals surface area contributed by atoms with Gasteiger partial charge in [0, 0.05) is 16.8 Å². The Labute approximate surface area is 124 Å².